The first kappa shape index (κ1) is 26.0. The van der Waals surface area contributed by atoms with Gasteiger partial charge in [-0.05, 0) is 38.8 Å². The van der Waals surface area contributed by atoms with Gasteiger partial charge in [0.25, 0.3) is 0 Å². The summed E-state index contributed by atoms with van der Waals surface area (Å²) in [7, 11) is -3.99. The number of rotatable bonds is 9. The molecule has 196 valence electrons. The average Bonchev–Trinajstić information content (AvgIpc) is 3.35. The molecule has 0 aliphatic carbocycles. The van der Waals surface area contributed by atoms with Crippen LogP contribution in [-0.4, -0.2) is 48.9 Å². The zero-order chi connectivity index (χ0) is 25.4. The van der Waals surface area contributed by atoms with Crippen LogP contribution in [0.25, 0.3) is 0 Å². The van der Waals surface area contributed by atoms with Crippen molar-refractivity contribution in [2.24, 2.45) is 0 Å². The van der Waals surface area contributed by atoms with Gasteiger partial charge < -0.3 is 23.7 Å². The lowest BCUT2D eigenvalue weighted by Crippen LogP contribution is -2.56. The van der Waals surface area contributed by atoms with Crippen molar-refractivity contribution in [3.63, 3.8) is 0 Å². The van der Waals surface area contributed by atoms with E-state index in [2.05, 4.69) is 0 Å². The molecule has 2 aromatic carbocycles. The van der Waals surface area contributed by atoms with Crippen LogP contribution in [0.3, 0.4) is 0 Å². The van der Waals surface area contributed by atoms with Crippen LogP contribution >= 0.6 is 7.82 Å². The fraction of sp³-hybridized carbons (Fsp3) is 0.538. The molecule has 5 rings (SSSR count). The molecule has 0 saturated carbocycles. The SMILES string of the molecule is CC1(C)O[C@H]2[C@@H](O1)[C@@H](COP(=O)(OCc1ccccc1)OCc1ccccc1)O[C@@H]1OC(C)(C)O[C@@H]12. The molecule has 3 aliphatic rings. The van der Waals surface area contributed by atoms with Crippen molar-refractivity contribution in [2.45, 2.75) is 83.2 Å². The summed E-state index contributed by atoms with van der Waals surface area (Å²) in [6.45, 7) is 7.30. The molecule has 0 bridgehead atoms. The van der Waals surface area contributed by atoms with Crippen LogP contribution in [0.4, 0.5) is 0 Å². The Morgan fingerprint density at radius 2 is 1.19 bits per heavy atom. The summed E-state index contributed by atoms with van der Waals surface area (Å²) >= 11 is 0. The van der Waals surface area contributed by atoms with E-state index in [1.165, 1.54) is 0 Å². The van der Waals surface area contributed by atoms with E-state index in [9.17, 15) is 4.57 Å². The number of hydrogen-bond acceptors (Lipinski definition) is 9. The number of hydrogen-bond donors (Lipinski definition) is 0. The Hall–Kier alpha value is -1.65. The molecule has 3 fully saturated rings. The molecular weight excluding hydrogens is 487 g/mol. The summed E-state index contributed by atoms with van der Waals surface area (Å²) in [5, 5.41) is 0. The third-order valence-corrected chi connectivity index (χ3v) is 7.47. The number of ether oxygens (including phenoxy) is 5. The summed E-state index contributed by atoms with van der Waals surface area (Å²) in [5.74, 6) is -1.68. The van der Waals surface area contributed by atoms with Gasteiger partial charge in [-0.15, -0.1) is 0 Å². The first-order chi connectivity index (χ1) is 17.1. The predicted molar refractivity (Wildman–Crippen MR) is 129 cm³/mol. The minimum atomic E-state index is -3.99. The molecule has 0 aromatic heterocycles. The van der Waals surface area contributed by atoms with Gasteiger partial charge in [0.2, 0.25) is 0 Å². The van der Waals surface area contributed by atoms with Gasteiger partial charge >= 0.3 is 7.82 Å². The zero-order valence-electron chi connectivity index (χ0n) is 20.9. The number of fused-ring (bicyclic) bond motifs is 3. The van der Waals surface area contributed by atoms with E-state index in [1.807, 2.05) is 88.4 Å². The van der Waals surface area contributed by atoms with Crippen LogP contribution in [0, 0.1) is 0 Å². The molecule has 0 N–H and O–H groups in total. The van der Waals surface area contributed by atoms with E-state index in [-0.39, 0.29) is 19.8 Å². The second-order valence-electron chi connectivity index (χ2n) is 9.97. The maximum atomic E-state index is 13.7. The molecule has 3 heterocycles. The summed E-state index contributed by atoms with van der Waals surface area (Å²) in [6, 6.07) is 18.8. The van der Waals surface area contributed by atoms with E-state index in [4.69, 9.17) is 37.3 Å². The maximum absolute atomic E-state index is 13.7. The van der Waals surface area contributed by atoms with Crippen molar-refractivity contribution < 1.29 is 41.8 Å². The Bertz CT molecular complexity index is 1010. The molecule has 9 nitrogen and oxygen atoms in total. The largest absolute Gasteiger partial charge is 0.475 e. The molecule has 3 aliphatic heterocycles. The van der Waals surface area contributed by atoms with Crippen molar-refractivity contribution in [2.75, 3.05) is 6.61 Å². The van der Waals surface area contributed by atoms with E-state index in [0.29, 0.717) is 0 Å². The topological polar surface area (TPSA) is 90.9 Å². The highest BCUT2D eigenvalue weighted by Gasteiger charge is 2.61. The van der Waals surface area contributed by atoms with Crippen molar-refractivity contribution in [1.82, 2.24) is 0 Å². The van der Waals surface area contributed by atoms with Gasteiger partial charge in [0.05, 0.1) is 19.8 Å². The first-order valence-corrected chi connectivity index (χ1v) is 13.6. The Morgan fingerprint density at radius 1 is 0.694 bits per heavy atom. The van der Waals surface area contributed by atoms with Crippen LogP contribution in [0.2, 0.25) is 0 Å². The molecule has 5 atom stereocenters. The monoisotopic (exact) mass is 520 g/mol. The third kappa shape index (κ3) is 6.07. The van der Waals surface area contributed by atoms with Gasteiger partial charge in [-0.25, -0.2) is 4.57 Å². The molecule has 10 heteroatoms. The van der Waals surface area contributed by atoms with Gasteiger partial charge in [0, 0.05) is 0 Å². The maximum Gasteiger partial charge on any atom is 0.475 e. The van der Waals surface area contributed by atoms with Crippen molar-refractivity contribution in [3.05, 3.63) is 71.8 Å². The van der Waals surface area contributed by atoms with Crippen LogP contribution in [0.15, 0.2) is 60.7 Å². The third-order valence-electron chi connectivity index (χ3n) is 6.11. The average molecular weight is 521 g/mol. The smallest absolute Gasteiger partial charge is 0.342 e. The van der Waals surface area contributed by atoms with Crippen molar-refractivity contribution in [3.8, 4) is 0 Å². The van der Waals surface area contributed by atoms with Crippen LogP contribution < -0.4 is 0 Å². The van der Waals surface area contributed by atoms with Gasteiger partial charge in [-0.2, -0.15) is 0 Å². The zero-order valence-corrected chi connectivity index (χ0v) is 21.8. The Labute approximate surface area is 211 Å². The molecule has 0 unspecified atom stereocenters. The summed E-state index contributed by atoms with van der Waals surface area (Å²) in [4.78, 5) is 0. The molecule has 0 spiro atoms. The van der Waals surface area contributed by atoms with Gasteiger partial charge in [-0.1, -0.05) is 60.7 Å². The van der Waals surface area contributed by atoms with Crippen LogP contribution in [-0.2, 0) is 55.0 Å². The highest BCUT2D eigenvalue weighted by atomic mass is 31.2. The molecule has 36 heavy (non-hydrogen) atoms. The molecular formula is C26H33O9P. The van der Waals surface area contributed by atoms with Gasteiger partial charge in [-0.3, -0.25) is 13.6 Å². The van der Waals surface area contributed by atoms with E-state index < -0.39 is 50.1 Å². The highest BCUT2D eigenvalue weighted by molar-refractivity contribution is 7.48. The highest BCUT2D eigenvalue weighted by Crippen LogP contribution is 2.52. The van der Waals surface area contributed by atoms with Crippen molar-refractivity contribution >= 4 is 7.82 Å². The number of phosphoric acid groups is 1. The van der Waals surface area contributed by atoms with E-state index in [1.54, 1.807) is 0 Å². The number of phosphoric ester groups is 1. The Morgan fingerprint density at radius 3 is 1.78 bits per heavy atom. The second kappa shape index (κ2) is 10.3. The molecule has 0 radical (unpaired) electrons. The first-order valence-electron chi connectivity index (χ1n) is 12.1. The predicted octanol–water partition coefficient (Wildman–Crippen LogP) is 4.94. The molecule has 2 aromatic rings. The second-order valence-corrected chi connectivity index (χ2v) is 11.6. The lowest BCUT2D eigenvalue weighted by molar-refractivity contribution is -0.239. The minimum absolute atomic E-state index is 0.0625. The van der Waals surface area contributed by atoms with Crippen molar-refractivity contribution in [1.29, 1.82) is 0 Å². The fourth-order valence-corrected chi connectivity index (χ4v) is 5.73. The Balaban J connectivity index is 1.30. The lowest BCUT2D eigenvalue weighted by Gasteiger charge is -2.37. The summed E-state index contributed by atoms with van der Waals surface area (Å²) in [6.07, 6.45) is -2.75. The van der Waals surface area contributed by atoms with Gasteiger partial charge in [0.15, 0.2) is 17.9 Å². The molecule has 3 saturated heterocycles. The standard InChI is InChI=1S/C26H33O9P/c1-25(2)32-21-20(31-24-23(22(21)33-25)34-26(3,4)35-24)17-30-36(27,28-15-18-11-7-5-8-12-18)29-16-19-13-9-6-10-14-19/h5-14,20-24H,15-17H2,1-4H3/t20-,21+,22+,23-,24-/m1/s1. The van der Waals surface area contributed by atoms with E-state index in [0.717, 1.165) is 11.1 Å². The normalized spacial score (nSPS) is 30.6. The van der Waals surface area contributed by atoms with Gasteiger partial charge in [0.1, 0.15) is 24.4 Å². The summed E-state index contributed by atoms with van der Waals surface area (Å²) in [5.41, 5.74) is 1.68. The number of benzene rings is 2. The van der Waals surface area contributed by atoms with E-state index >= 15 is 0 Å². The lowest BCUT2D eigenvalue weighted by atomic mass is 9.99. The molecule has 0 amide bonds. The van der Waals surface area contributed by atoms with Crippen LogP contribution in [0.1, 0.15) is 38.8 Å². The minimum Gasteiger partial charge on any atom is -0.342 e. The summed E-state index contributed by atoms with van der Waals surface area (Å²) < 4.78 is 61.4. The Kier molecular flexibility index (Phi) is 7.40. The quantitative estimate of drug-likeness (QED) is 0.426. The van der Waals surface area contributed by atoms with Crippen LogP contribution in [0.5, 0.6) is 0 Å². The fourth-order valence-electron chi connectivity index (χ4n) is 4.56.